The normalized spacial score (nSPS) is 10.4. The standard InChI is InChI=1S/C17H32O3/c1-17(19)20-16-14-12-10-8-6-4-2-3-5-7-9-11-13-15-18/h15H,2-14,16H2,1H3. The van der Waals surface area contributed by atoms with Gasteiger partial charge in [0.25, 0.3) is 0 Å². The van der Waals surface area contributed by atoms with Crippen LogP contribution in [0, 0.1) is 0 Å². The number of esters is 1. The highest BCUT2D eigenvalue weighted by Gasteiger charge is 1.95. The summed E-state index contributed by atoms with van der Waals surface area (Å²) in [5.41, 5.74) is 0. The van der Waals surface area contributed by atoms with Gasteiger partial charge < -0.3 is 9.53 Å². The van der Waals surface area contributed by atoms with Crippen LogP contribution in [0.1, 0.15) is 90.4 Å². The van der Waals surface area contributed by atoms with Crippen molar-refractivity contribution in [1.29, 1.82) is 0 Å². The first-order valence-corrected chi connectivity index (χ1v) is 8.34. The average molecular weight is 284 g/mol. The lowest BCUT2D eigenvalue weighted by Crippen LogP contribution is -2.00. The number of rotatable bonds is 15. The molecule has 0 atom stereocenters. The number of aldehydes is 1. The van der Waals surface area contributed by atoms with Crippen molar-refractivity contribution < 1.29 is 14.3 Å². The third-order valence-electron chi connectivity index (χ3n) is 3.52. The van der Waals surface area contributed by atoms with Crippen molar-refractivity contribution in [3.05, 3.63) is 0 Å². The van der Waals surface area contributed by atoms with Crippen molar-refractivity contribution in [2.45, 2.75) is 90.4 Å². The molecule has 0 aliphatic rings. The molecular formula is C17H32O3. The second kappa shape index (κ2) is 16.2. The minimum absolute atomic E-state index is 0.170. The number of carbonyl (C=O) groups excluding carboxylic acids is 2. The van der Waals surface area contributed by atoms with Gasteiger partial charge in [-0.1, -0.05) is 64.2 Å². The molecule has 0 rings (SSSR count). The lowest BCUT2D eigenvalue weighted by molar-refractivity contribution is -0.141. The number of hydrogen-bond donors (Lipinski definition) is 0. The Labute approximate surface area is 124 Å². The van der Waals surface area contributed by atoms with E-state index in [-0.39, 0.29) is 5.97 Å². The van der Waals surface area contributed by atoms with E-state index in [1.54, 1.807) is 0 Å². The zero-order valence-corrected chi connectivity index (χ0v) is 13.2. The van der Waals surface area contributed by atoms with Crippen molar-refractivity contribution in [1.82, 2.24) is 0 Å². The number of hydrogen-bond acceptors (Lipinski definition) is 3. The first-order valence-electron chi connectivity index (χ1n) is 8.34. The Hall–Kier alpha value is -0.860. The highest BCUT2D eigenvalue weighted by atomic mass is 16.5. The first kappa shape index (κ1) is 19.1. The van der Waals surface area contributed by atoms with Crippen LogP contribution >= 0.6 is 0 Å². The first-order chi connectivity index (χ1) is 9.77. The van der Waals surface area contributed by atoms with Crippen molar-refractivity contribution in [2.24, 2.45) is 0 Å². The second-order valence-corrected chi connectivity index (χ2v) is 5.54. The lowest BCUT2D eigenvalue weighted by Gasteiger charge is -2.03. The Balaban J connectivity index is 2.95. The molecule has 0 aromatic rings. The maximum atomic E-state index is 10.5. The van der Waals surface area contributed by atoms with E-state index < -0.39 is 0 Å². The molecule has 0 bridgehead atoms. The predicted molar refractivity (Wildman–Crippen MR) is 82.7 cm³/mol. The fraction of sp³-hybridized carbons (Fsp3) is 0.882. The molecule has 0 aliphatic carbocycles. The van der Waals surface area contributed by atoms with Crippen LogP contribution in [0.2, 0.25) is 0 Å². The topological polar surface area (TPSA) is 43.4 Å². The van der Waals surface area contributed by atoms with E-state index in [1.165, 1.54) is 71.1 Å². The highest BCUT2D eigenvalue weighted by molar-refractivity contribution is 5.65. The van der Waals surface area contributed by atoms with Crippen LogP contribution in [0.4, 0.5) is 0 Å². The van der Waals surface area contributed by atoms with Gasteiger partial charge in [-0.05, 0) is 12.8 Å². The minimum atomic E-state index is -0.170. The molecule has 0 spiro atoms. The van der Waals surface area contributed by atoms with Crippen molar-refractivity contribution in [2.75, 3.05) is 6.61 Å². The molecule has 0 aliphatic heterocycles. The molecule has 0 N–H and O–H groups in total. The highest BCUT2D eigenvalue weighted by Crippen LogP contribution is 2.12. The van der Waals surface area contributed by atoms with Gasteiger partial charge in [0.2, 0.25) is 0 Å². The average Bonchev–Trinajstić information content (AvgIpc) is 2.43. The Morgan fingerprint density at radius 2 is 1.15 bits per heavy atom. The van der Waals surface area contributed by atoms with Crippen LogP contribution in [0.5, 0.6) is 0 Å². The number of carbonyl (C=O) groups is 2. The summed E-state index contributed by atoms with van der Waals surface area (Å²) in [7, 11) is 0. The van der Waals surface area contributed by atoms with E-state index >= 15 is 0 Å². The number of ether oxygens (including phenoxy) is 1. The molecular weight excluding hydrogens is 252 g/mol. The van der Waals surface area contributed by atoms with Gasteiger partial charge in [-0.3, -0.25) is 4.79 Å². The Kier molecular flexibility index (Phi) is 15.5. The number of unbranched alkanes of at least 4 members (excludes halogenated alkanes) is 12. The summed E-state index contributed by atoms with van der Waals surface area (Å²) in [6.07, 6.45) is 16.7. The summed E-state index contributed by atoms with van der Waals surface area (Å²) in [6, 6.07) is 0. The molecule has 3 nitrogen and oxygen atoms in total. The van der Waals surface area contributed by atoms with Gasteiger partial charge in [0.05, 0.1) is 6.61 Å². The van der Waals surface area contributed by atoms with E-state index in [4.69, 9.17) is 4.74 Å². The fourth-order valence-corrected chi connectivity index (χ4v) is 2.31. The molecule has 0 saturated heterocycles. The monoisotopic (exact) mass is 284 g/mol. The second-order valence-electron chi connectivity index (χ2n) is 5.54. The van der Waals surface area contributed by atoms with Gasteiger partial charge in [0.1, 0.15) is 6.29 Å². The third-order valence-corrected chi connectivity index (χ3v) is 3.52. The molecule has 0 aromatic carbocycles. The summed E-state index contributed by atoms with van der Waals surface area (Å²) in [5, 5.41) is 0. The summed E-state index contributed by atoms with van der Waals surface area (Å²) >= 11 is 0. The Bertz CT molecular complexity index is 226. The van der Waals surface area contributed by atoms with E-state index in [1.807, 2.05) is 0 Å². The molecule has 118 valence electrons. The van der Waals surface area contributed by atoms with Gasteiger partial charge in [-0.15, -0.1) is 0 Å². The van der Waals surface area contributed by atoms with Crippen LogP contribution in [0.3, 0.4) is 0 Å². The molecule has 0 radical (unpaired) electrons. The summed E-state index contributed by atoms with van der Waals surface area (Å²) in [5.74, 6) is -0.170. The zero-order valence-electron chi connectivity index (χ0n) is 13.2. The predicted octanol–water partition coefficient (Wildman–Crippen LogP) is 4.82. The third kappa shape index (κ3) is 17.1. The molecule has 0 amide bonds. The van der Waals surface area contributed by atoms with Crippen LogP contribution in [0.15, 0.2) is 0 Å². The molecule has 0 heterocycles. The summed E-state index contributed by atoms with van der Waals surface area (Å²) in [6.45, 7) is 2.04. The fourth-order valence-electron chi connectivity index (χ4n) is 2.31. The van der Waals surface area contributed by atoms with Gasteiger partial charge in [0.15, 0.2) is 0 Å². The lowest BCUT2D eigenvalue weighted by atomic mass is 10.0. The van der Waals surface area contributed by atoms with Crippen molar-refractivity contribution in [3.63, 3.8) is 0 Å². The quantitative estimate of drug-likeness (QED) is 0.246. The van der Waals surface area contributed by atoms with Crippen LogP contribution < -0.4 is 0 Å². The largest absolute Gasteiger partial charge is 0.466 e. The SMILES string of the molecule is CC(=O)OCCCCCCCCCCCCCCC=O. The maximum Gasteiger partial charge on any atom is 0.302 e. The summed E-state index contributed by atoms with van der Waals surface area (Å²) < 4.78 is 4.89. The molecule has 0 saturated carbocycles. The minimum Gasteiger partial charge on any atom is -0.466 e. The molecule has 0 aromatic heterocycles. The molecule has 0 fully saturated rings. The van der Waals surface area contributed by atoms with Gasteiger partial charge in [-0.2, -0.15) is 0 Å². The van der Waals surface area contributed by atoms with Crippen LogP contribution in [0.25, 0.3) is 0 Å². The summed E-state index contributed by atoms with van der Waals surface area (Å²) in [4.78, 5) is 20.7. The van der Waals surface area contributed by atoms with Gasteiger partial charge >= 0.3 is 5.97 Å². The smallest absolute Gasteiger partial charge is 0.302 e. The molecule has 0 unspecified atom stereocenters. The zero-order chi connectivity index (χ0) is 14.9. The molecule has 3 heteroatoms. The Morgan fingerprint density at radius 1 is 0.750 bits per heavy atom. The van der Waals surface area contributed by atoms with E-state index in [9.17, 15) is 9.59 Å². The van der Waals surface area contributed by atoms with Crippen molar-refractivity contribution >= 4 is 12.3 Å². The van der Waals surface area contributed by atoms with Crippen LogP contribution in [-0.2, 0) is 14.3 Å². The van der Waals surface area contributed by atoms with Crippen LogP contribution in [-0.4, -0.2) is 18.9 Å². The molecule has 20 heavy (non-hydrogen) atoms. The van der Waals surface area contributed by atoms with Crippen molar-refractivity contribution in [3.8, 4) is 0 Å². The van der Waals surface area contributed by atoms with E-state index in [0.29, 0.717) is 6.61 Å². The maximum absolute atomic E-state index is 10.5. The van der Waals surface area contributed by atoms with Gasteiger partial charge in [-0.25, -0.2) is 0 Å². The Morgan fingerprint density at radius 3 is 1.55 bits per heavy atom. The van der Waals surface area contributed by atoms with Gasteiger partial charge in [0, 0.05) is 13.3 Å². The van der Waals surface area contributed by atoms with E-state index in [0.717, 1.165) is 25.5 Å². The van der Waals surface area contributed by atoms with E-state index in [2.05, 4.69) is 0 Å².